The highest BCUT2D eigenvalue weighted by Crippen LogP contribution is 2.46. The fourth-order valence-electron chi connectivity index (χ4n) is 6.36. The normalized spacial score (nSPS) is 25.5. The van der Waals surface area contributed by atoms with Crippen LogP contribution in [0.2, 0.25) is 0 Å². The van der Waals surface area contributed by atoms with E-state index < -0.39 is 53.8 Å². The van der Waals surface area contributed by atoms with Crippen molar-refractivity contribution < 1.29 is 31.9 Å². The molecule has 2 aromatic rings. The summed E-state index contributed by atoms with van der Waals surface area (Å²) in [6, 6.07) is 2.76. The van der Waals surface area contributed by atoms with E-state index in [1.807, 2.05) is 6.07 Å². The van der Waals surface area contributed by atoms with Gasteiger partial charge in [0.1, 0.15) is 24.2 Å². The van der Waals surface area contributed by atoms with Crippen molar-refractivity contribution in [1.29, 1.82) is 0 Å². The molecule has 12 heteroatoms. The lowest BCUT2D eigenvalue weighted by molar-refractivity contribution is -0.171. The molecule has 0 unspecified atom stereocenters. The zero-order chi connectivity index (χ0) is 31.3. The van der Waals surface area contributed by atoms with Crippen LogP contribution in [0, 0.1) is 5.92 Å². The number of pyridine rings is 2. The maximum absolute atomic E-state index is 15.2. The molecule has 8 nitrogen and oxygen atoms in total. The van der Waals surface area contributed by atoms with Crippen LogP contribution >= 0.6 is 0 Å². The number of carbonyl (C=O) groups excluding carboxylic acids is 3. The number of fused-ring (bicyclic) bond motifs is 3. The van der Waals surface area contributed by atoms with Gasteiger partial charge in [-0.3, -0.25) is 19.4 Å². The molecule has 226 valence electrons. The molecule has 1 saturated heterocycles. The first-order valence-electron chi connectivity index (χ1n) is 13.9. The summed E-state index contributed by atoms with van der Waals surface area (Å²) in [6.07, 6.45) is 1.77. The Morgan fingerprint density at radius 1 is 1.28 bits per heavy atom. The average Bonchev–Trinajstić information content (AvgIpc) is 3.47. The predicted molar refractivity (Wildman–Crippen MR) is 151 cm³/mol. The monoisotopic (exact) mass is 597 g/mol. The van der Waals surface area contributed by atoms with E-state index in [2.05, 4.69) is 27.2 Å². The summed E-state index contributed by atoms with van der Waals surface area (Å²) >= 11 is 0. The molecular formula is C31H31F4N5O3. The summed E-state index contributed by atoms with van der Waals surface area (Å²) in [5, 5.41) is 5.36. The molecule has 2 N–H and O–H groups in total. The van der Waals surface area contributed by atoms with E-state index in [1.165, 1.54) is 26.1 Å². The molecule has 0 bridgehead atoms. The molecule has 0 aromatic carbocycles. The Bertz CT molecular complexity index is 1580. The van der Waals surface area contributed by atoms with E-state index in [9.17, 15) is 27.6 Å². The first-order valence-corrected chi connectivity index (χ1v) is 13.9. The number of aromatic nitrogens is 2. The zero-order valence-electron chi connectivity index (χ0n) is 23.9. The van der Waals surface area contributed by atoms with Crippen molar-refractivity contribution in [2.75, 3.05) is 11.9 Å². The van der Waals surface area contributed by atoms with E-state index in [0.717, 1.165) is 5.56 Å². The summed E-state index contributed by atoms with van der Waals surface area (Å²) in [7, 11) is 0. The third kappa shape index (κ3) is 5.46. The van der Waals surface area contributed by atoms with Crippen LogP contribution in [-0.2, 0) is 27.8 Å². The fraction of sp³-hybridized carbons (Fsp3) is 0.387. The highest BCUT2D eigenvalue weighted by atomic mass is 19.4. The number of rotatable bonds is 6. The van der Waals surface area contributed by atoms with Crippen LogP contribution < -0.4 is 10.6 Å². The van der Waals surface area contributed by atoms with Crippen molar-refractivity contribution >= 4 is 23.5 Å². The Hall–Kier alpha value is -4.35. The Labute approximate surface area is 246 Å². The van der Waals surface area contributed by atoms with E-state index in [4.69, 9.17) is 0 Å². The van der Waals surface area contributed by atoms with Gasteiger partial charge in [-0.25, -0.2) is 9.37 Å². The molecular weight excluding hydrogens is 566 g/mol. The number of nitrogens with zero attached hydrogens (tertiary/aromatic N) is 3. The second-order valence-corrected chi connectivity index (χ2v) is 11.3. The molecule has 2 aliphatic heterocycles. The van der Waals surface area contributed by atoms with Crippen LogP contribution in [0.25, 0.3) is 0 Å². The van der Waals surface area contributed by atoms with E-state index in [1.54, 1.807) is 31.3 Å². The first-order chi connectivity index (χ1) is 20.3. The second kappa shape index (κ2) is 11.1. The largest absolute Gasteiger partial charge is 0.406 e. The van der Waals surface area contributed by atoms with Crippen molar-refractivity contribution in [2.45, 2.75) is 63.7 Å². The molecule has 43 heavy (non-hydrogen) atoms. The number of piperidine rings is 1. The number of carbonyl (C=O) groups is 3. The molecule has 3 aliphatic rings. The van der Waals surface area contributed by atoms with Crippen LogP contribution in [-0.4, -0.2) is 57.4 Å². The molecule has 1 aliphatic carbocycles. The Kier molecular flexibility index (Phi) is 7.74. The molecule has 4 atom stereocenters. The van der Waals surface area contributed by atoms with Crippen LogP contribution in [0.15, 0.2) is 66.3 Å². The summed E-state index contributed by atoms with van der Waals surface area (Å²) in [5.74, 6) is -2.94. The van der Waals surface area contributed by atoms with E-state index in [-0.39, 0.29) is 35.5 Å². The van der Waals surface area contributed by atoms with Gasteiger partial charge in [0.25, 0.3) is 5.91 Å². The van der Waals surface area contributed by atoms with Gasteiger partial charge in [-0.1, -0.05) is 24.8 Å². The topological polar surface area (TPSA) is 104 Å². The van der Waals surface area contributed by atoms with Gasteiger partial charge in [-0.15, -0.1) is 0 Å². The van der Waals surface area contributed by atoms with Gasteiger partial charge in [0, 0.05) is 42.0 Å². The molecule has 2 aromatic heterocycles. The number of anilines is 1. The Balaban J connectivity index is 1.40. The van der Waals surface area contributed by atoms with Gasteiger partial charge in [0.05, 0.1) is 11.0 Å². The lowest BCUT2D eigenvalue weighted by Gasteiger charge is -2.43. The molecule has 4 heterocycles. The van der Waals surface area contributed by atoms with Gasteiger partial charge < -0.3 is 15.5 Å². The van der Waals surface area contributed by atoms with E-state index >= 15 is 4.39 Å². The summed E-state index contributed by atoms with van der Waals surface area (Å²) in [4.78, 5) is 48.9. The highest BCUT2D eigenvalue weighted by Gasteiger charge is 2.52. The average molecular weight is 598 g/mol. The summed E-state index contributed by atoms with van der Waals surface area (Å²) in [5.41, 5.74) is 1.43. The lowest BCUT2D eigenvalue weighted by Crippen LogP contribution is -2.60. The van der Waals surface area contributed by atoms with Gasteiger partial charge in [-0.05, 0) is 62.5 Å². The number of halogens is 4. The molecule has 1 spiro atoms. The van der Waals surface area contributed by atoms with Gasteiger partial charge in [0.2, 0.25) is 11.8 Å². The summed E-state index contributed by atoms with van der Waals surface area (Å²) < 4.78 is 55.7. The maximum Gasteiger partial charge on any atom is 0.406 e. The number of hydrogen-bond donors (Lipinski definition) is 2. The highest BCUT2D eigenvalue weighted by molar-refractivity contribution is 6.06. The van der Waals surface area contributed by atoms with Gasteiger partial charge >= 0.3 is 6.18 Å². The minimum atomic E-state index is -4.71. The van der Waals surface area contributed by atoms with Crippen molar-refractivity contribution in [3.63, 3.8) is 0 Å². The number of amides is 3. The third-order valence-corrected chi connectivity index (χ3v) is 8.57. The SMILES string of the molecule is C=C(/C(F)=C(C)\C=C/C)[C@@H]1C[C@H](NC(=O)c2cnc3c(c2)C[C@@]2(C3)C(=O)Nc3ncccc32)C(=O)N(CC(F)(F)F)[C@@H]1C. The Morgan fingerprint density at radius 2 is 2.02 bits per heavy atom. The predicted octanol–water partition coefficient (Wildman–Crippen LogP) is 4.74. The number of nitrogens with one attached hydrogen (secondary N) is 2. The lowest BCUT2D eigenvalue weighted by atomic mass is 9.80. The molecule has 5 rings (SSSR count). The molecule has 0 saturated carbocycles. The van der Waals surface area contributed by atoms with Gasteiger partial charge in [0.15, 0.2) is 0 Å². The second-order valence-electron chi connectivity index (χ2n) is 11.3. The number of alkyl halides is 3. The van der Waals surface area contributed by atoms with Crippen LogP contribution in [0.5, 0.6) is 0 Å². The number of likely N-dealkylation sites (tertiary alicyclic amines) is 1. The molecule has 3 amide bonds. The minimum Gasteiger partial charge on any atom is -0.340 e. The Morgan fingerprint density at radius 3 is 2.72 bits per heavy atom. The summed E-state index contributed by atoms with van der Waals surface area (Å²) in [6.45, 7) is 6.89. The van der Waals surface area contributed by atoms with Crippen LogP contribution in [0.1, 0.15) is 54.4 Å². The van der Waals surface area contributed by atoms with Gasteiger partial charge in [-0.2, -0.15) is 13.2 Å². The standard InChI is InChI=1S/C31H31F4N5O3/c1-5-7-16(2)25(32)17(3)21-11-23(28(42)40(18(21)4)15-31(33,34)35)38-27(41)20-10-19-12-30(13-24(19)37-14-20)22-8-6-9-36-26(22)39-29(30)43/h5-10,14,18,21,23H,3,11-13,15H2,1-2,4H3,(H,38,41)(H,36,39,43)/b7-5-,25-16+/t18-,21+,23+,30+/m1/s1. The first kappa shape index (κ1) is 30.1. The van der Waals surface area contributed by atoms with Crippen molar-refractivity contribution in [2.24, 2.45) is 5.92 Å². The van der Waals surface area contributed by atoms with Crippen molar-refractivity contribution in [1.82, 2.24) is 20.2 Å². The third-order valence-electron chi connectivity index (χ3n) is 8.57. The molecule has 1 fully saturated rings. The van der Waals surface area contributed by atoms with Crippen molar-refractivity contribution in [3.8, 4) is 0 Å². The van der Waals surface area contributed by atoms with Crippen LogP contribution in [0.3, 0.4) is 0 Å². The zero-order valence-corrected chi connectivity index (χ0v) is 23.9. The van der Waals surface area contributed by atoms with E-state index in [0.29, 0.717) is 28.4 Å². The smallest absolute Gasteiger partial charge is 0.340 e. The van der Waals surface area contributed by atoms with Crippen molar-refractivity contribution in [3.05, 3.63) is 88.7 Å². The van der Waals surface area contributed by atoms with Crippen LogP contribution in [0.4, 0.5) is 23.4 Å². The maximum atomic E-state index is 15.2. The minimum absolute atomic E-state index is 0.0452. The number of allylic oxidation sites excluding steroid dienone is 4. The quantitative estimate of drug-likeness (QED) is 0.370. The fourth-order valence-corrected chi connectivity index (χ4v) is 6.36. The number of hydrogen-bond acceptors (Lipinski definition) is 5. The molecule has 0 radical (unpaired) electrons.